The van der Waals surface area contributed by atoms with Crippen LogP contribution in [0.3, 0.4) is 0 Å². The zero-order valence-electron chi connectivity index (χ0n) is 12.3. The maximum atomic E-state index is 5.15. The van der Waals surface area contributed by atoms with Gasteiger partial charge in [-0.2, -0.15) is 5.10 Å². The fraction of sp³-hybridized carbons (Fsp3) is 0.786. The number of halogens is 1. The van der Waals surface area contributed by atoms with Gasteiger partial charge in [0.05, 0.1) is 35.6 Å². The fourth-order valence-electron chi connectivity index (χ4n) is 2.25. The van der Waals surface area contributed by atoms with Crippen LogP contribution in [0.15, 0.2) is 10.7 Å². The Morgan fingerprint density at radius 3 is 2.84 bits per heavy atom. The smallest absolute Gasteiger partial charge is 0.0696 e. The van der Waals surface area contributed by atoms with Crippen LogP contribution in [-0.2, 0) is 11.3 Å². The first-order valence-corrected chi connectivity index (χ1v) is 7.97. The van der Waals surface area contributed by atoms with Crippen molar-refractivity contribution < 1.29 is 4.74 Å². The Kier molecular flexibility index (Phi) is 8.34. The largest absolute Gasteiger partial charge is 0.383 e. The maximum Gasteiger partial charge on any atom is 0.0696 e. The summed E-state index contributed by atoms with van der Waals surface area (Å²) in [4.78, 5) is 0. The number of nitrogens with zero attached hydrogens (tertiary/aromatic N) is 2. The molecule has 0 spiro atoms. The summed E-state index contributed by atoms with van der Waals surface area (Å²) < 4.78 is 8.29. The zero-order valence-corrected chi connectivity index (χ0v) is 13.9. The number of hydrogen-bond acceptors (Lipinski definition) is 3. The van der Waals surface area contributed by atoms with E-state index < -0.39 is 0 Å². The van der Waals surface area contributed by atoms with E-state index in [-0.39, 0.29) is 0 Å². The third-order valence-corrected chi connectivity index (χ3v) is 3.83. The van der Waals surface area contributed by atoms with E-state index in [2.05, 4.69) is 40.2 Å². The Morgan fingerprint density at radius 1 is 1.42 bits per heavy atom. The highest BCUT2D eigenvalue weighted by atomic mass is 79.9. The van der Waals surface area contributed by atoms with Crippen molar-refractivity contribution in [3.63, 3.8) is 0 Å². The van der Waals surface area contributed by atoms with Crippen LogP contribution in [0.25, 0.3) is 0 Å². The van der Waals surface area contributed by atoms with Crippen LogP contribution in [0, 0.1) is 0 Å². The SMILES string of the molecule is CCCCCC(NCC)c1c(Br)cnn1CCOC. The molecule has 0 bridgehead atoms. The van der Waals surface area contributed by atoms with Gasteiger partial charge >= 0.3 is 0 Å². The molecule has 1 heterocycles. The summed E-state index contributed by atoms with van der Waals surface area (Å²) in [5.74, 6) is 0. The molecule has 1 atom stereocenters. The molecular weight excluding hydrogens is 306 g/mol. The fourth-order valence-corrected chi connectivity index (χ4v) is 2.83. The van der Waals surface area contributed by atoms with Crippen molar-refractivity contribution in [1.29, 1.82) is 0 Å². The molecule has 1 unspecified atom stereocenters. The number of ether oxygens (including phenoxy) is 1. The van der Waals surface area contributed by atoms with E-state index in [9.17, 15) is 0 Å². The molecule has 5 heteroatoms. The monoisotopic (exact) mass is 331 g/mol. The highest BCUT2D eigenvalue weighted by molar-refractivity contribution is 9.10. The molecule has 1 N–H and O–H groups in total. The minimum atomic E-state index is 0.366. The lowest BCUT2D eigenvalue weighted by molar-refractivity contribution is 0.181. The molecule has 1 rings (SSSR count). The number of methoxy groups -OCH3 is 1. The third kappa shape index (κ3) is 5.24. The summed E-state index contributed by atoms with van der Waals surface area (Å²) in [6.45, 7) is 6.85. The van der Waals surface area contributed by atoms with Gasteiger partial charge in [0, 0.05) is 7.11 Å². The molecule has 1 aromatic heterocycles. The predicted molar refractivity (Wildman–Crippen MR) is 82.4 cm³/mol. The van der Waals surface area contributed by atoms with Gasteiger partial charge in [0.25, 0.3) is 0 Å². The number of unbranched alkanes of at least 4 members (excludes halogenated alkanes) is 2. The van der Waals surface area contributed by atoms with Gasteiger partial charge in [0.1, 0.15) is 0 Å². The Labute approximate surface area is 125 Å². The lowest BCUT2D eigenvalue weighted by Crippen LogP contribution is -2.25. The minimum Gasteiger partial charge on any atom is -0.383 e. The molecule has 19 heavy (non-hydrogen) atoms. The minimum absolute atomic E-state index is 0.366. The lowest BCUT2D eigenvalue weighted by atomic mass is 10.1. The molecule has 0 amide bonds. The van der Waals surface area contributed by atoms with Crippen LogP contribution in [0.2, 0.25) is 0 Å². The predicted octanol–water partition coefficient (Wildman–Crippen LogP) is 3.52. The van der Waals surface area contributed by atoms with E-state index in [0.29, 0.717) is 12.6 Å². The van der Waals surface area contributed by atoms with Crippen LogP contribution in [-0.4, -0.2) is 30.0 Å². The van der Waals surface area contributed by atoms with Crippen molar-refractivity contribution in [2.45, 2.75) is 52.1 Å². The molecule has 0 saturated carbocycles. The zero-order chi connectivity index (χ0) is 14.1. The first-order chi connectivity index (χ1) is 9.24. The van der Waals surface area contributed by atoms with Gasteiger partial charge in [-0.1, -0.05) is 33.1 Å². The normalized spacial score (nSPS) is 12.8. The van der Waals surface area contributed by atoms with Crippen molar-refractivity contribution in [3.8, 4) is 0 Å². The third-order valence-electron chi connectivity index (χ3n) is 3.22. The van der Waals surface area contributed by atoms with Crippen molar-refractivity contribution in [1.82, 2.24) is 15.1 Å². The molecule has 4 nitrogen and oxygen atoms in total. The van der Waals surface area contributed by atoms with E-state index in [4.69, 9.17) is 4.74 Å². The van der Waals surface area contributed by atoms with Crippen LogP contribution in [0.1, 0.15) is 51.3 Å². The highest BCUT2D eigenvalue weighted by Crippen LogP contribution is 2.27. The molecule has 0 aliphatic rings. The Balaban J connectivity index is 2.77. The average Bonchev–Trinajstić information content (AvgIpc) is 2.77. The molecular formula is C14H26BrN3O. The van der Waals surface area contributed by atoms with Gasteiger partial charge in [-0.3, -0.25) is 4.68 Å². The molecule has 0 aliphatic carbocycles. The number of nitrogens with one attached hydrogen (secondary N) is 1. The van der Waals surface area contributed by atoms with Crippen LogP contribution >= 0.6 is 15.9 Å². The van der Waals surface area contributed by atoms with E-state index in [1.54, 1.807) is 7.11 Å². The number of rotatable bonds is 10. The second-order valence-electron chi connectivity index (χ2n) is 4.70. The van der Waals surface area contributed by atoms with Gasteiger partial charge in [-0.15, -0.1) is 0 Å². The highest BCUT2D eigenvalue weighted by Gasteiger charge is 2.18. The molecule has 0 aromatic carbocycles. The Hall–Kier alpha value is -0.390. The standard InChI is InChI=1S/C14H26BrN3O/c1-4-6-7-8-13(16-5-2)14-12(15)11-17-18(14)9-10-19-3/h11,13,16H,4-10H2,1-3H3. The first kappa shape index (κ1) is 16.7. The van der Waals surface area contributed by atoms with E-state index in [1.807, 2.05) is 10.9 Å². The van der Waals surface area contributed by atoms with Crippen LogP contribution in [0.5, 0.6) is 0 Å². The van der Waals surface area contributed by atoms with E-state index >= 15 is 0 Å². The van der Waals surface area contributed by atoms with Gasteiger partial charge in [0.15, 0.2) is 0 Å². The quantitative estimate of drug-likeness (QED) is 0.666. The van der Waals surface area contributed by atoms with Gasteiger partial charge in [0.2, 0.25) is 0 Å². The topological polar surface area (TPSA) is 39.1 Å². The number of aromatic nitrogens is 2. The molecule has 0 aliphatic heterocycles. The van der Waals surface area contributed by atoms with E-state index in [0.717, 1.165) is 24.0 Å². The number of hydrogen-bond donors (Lipinski definition) is 1. The lowest BCUT2D eigenvalue weighted by Gasteiger charge is -2.20. The summed E-state index contributed by atoms with van der Waals surface area (Å²) in [6.07, 6.45) is 6.82. The van der Waals surface area contributed by atoms with Gasteiger partial charge in [-0.05, 0) is 28.9 Å². The van der Waals surface area contributed by atoms with Crippen molar-refractivity contribution in [2.24, 2.45) is 0 Å². The first-order valence-electron chi connectivity index (χ1n) is 7.18. The summed E-state index contributed by atoms with van der Waals surface area (Å²) >= 11 is 3.62. The van der Waals surface area contributed by atoms with Crippen LogP contribution in [0.4, 0.5) is 0 Å². The van der Waals surface area contributed by atoms with Gasteiger partial charge < -0.3 is 10.1 Å². The Morgan fingerprint density at radius 2 is 2.21 bits per heavy atom. The molecule has 1 aromatic rings. The molecule has 0 saturated heterocycles. The summed E-state index contributed by atoms with van der Waals surface area (Å²) in [5.41, 5.74) is 1.25. The summed E-state index contributed by atoms with van der Waals surface area (Å²) in [6, 6.07) is 0.366. The van der Waals surface area contributed by atoms with Crippen LogP contribution < -0.4 is 5.32 Å². The molecule has 110 valence electrons. The maximum absolute atomic E-state index is 5.15. The second-order valence-corrected chi connectivity index (χ2v) is 5.55. The van der Waals surface area contributed by atoms with Crippen molar-refractivity contribution in [2.75, 3.05) is 20.3 Å². The molecule has 0 radical (unpaired) electrons. The second kappa shape index (κ2) is 9.50. The van der Waals surface area contributed by atoms with E-state index in [1.165, 1.54) is 25.0 Å². The average molecular weight is 332 g/mol. The van der Waals surface area contributed by atoms with Crippen molar-refractivity contribution in [3.05, 3.63) is 16.4 Å². The van der Waals surface area contributed by atoms with Crippen molar-refractivity contribution >= 4 is 15.9 Å². The Bertz CT molecular complexity index is 354. The van der Waals surface area contributed by atoms with Gasteiger partial charge in [-0.25, -0.2) is 0 Å². The summed E-state index contributed by atoms with van der Waals surface area (Å²) in [5, 5.41) is 8.00. The molecule has 0 fully saturated rings. The summed E-state index contributed by atoms with van der Waals surface area (Å²) in [7, 11) is 1.72.